The highest BCUT2D eigenvalue weighted by molar-refractivity contribution is 7.85. The number of carbonyl (C=O) groups is 1. The van der Waals surface area contributed by atoms with Crippen molar-refractivity contribution in [3.63, 3.8) is 0 Å². The van der Waals surface area contributed by atoms with E-state index in [4.69, 9.17) is 0 Å². The van der Waals surface area contributed by atoms with Crippen LogP contribution in [-0.4, -0.2) is 27.1 Å². The minimum atomic E-state index is -1.38. The first-order chi connectivity index (χ1) is 11.3. The molecule has 3 nitrogen and oxygen atoms in total. The average molecular weight is 343 g/mol. The van der Waals surface area contributed by atoms with Crippen molar-refractivity contribution in [2.75, 3.05) is 0 Å². The molecule has 24 heavy (non-hydrogen) atoms. The molecule has 0 heterocycles. The van der Waals surface area contributed by atoms with Crippen molar-refractivity contribution in [2.24, 2.45) is 0 Å². The van der Waals surface area contributed by atoms with E-state index in [-0.39, 0.29) is 18.0 Å². The van der Waals surface area contributed by atoms with Crippen LogP contribution in [0.5, 0.6) is 0 Å². The zero-order valence-electron chi connectivity index (χ0n) is 14.9. The normalized spacial score (nSPS) is 12.5. The van der Waals surface area contributed by atoms with Gasteiger partial charge in [0.05, 0.1) is 21.3 Å². The number of rotatable bonds is 5. The zero-order valence-corrected chi connectivity index (χ0v) is 15.8. The first kappa shape index (κ1) is 18.4. The molecule has 1 unspecified atom stereocenters. The first-order valence-electron chi connectivity index (χ1n) is 8.23. The van der Waals surface area contributed by atoms with Gasteiger partial charge in [-0.15, -0.1) is 0 Å². The maximum absolute atomic E-state index is 13.0. The van der Waals surface area contributed by atoms with Crippen LogP contribution in [0.2, 0.25) is 0 Å². The summed E-state index contributed by atoms with van der Waals surface area (Å²) >= 11 is 0. The molecule has 0 saturated carbocycles. The van der Waals surface area contributed by atoms with E-state index in [1.165, 1.54) is 0 Å². The van der Waals surface area contributed by atoms with Crippen molar-refractivity contribution in [1.82, 2.24) is 4.90 Å². The summed E-state index contributed by atoms with van der Waals surface area (Å²) in [5, 5.41) is 0. The Morgan fingerprint density at radius 3 is 2.00 bits per heavy atom. The predicted molar refractivity (Wildman–Crippen MR) is 98.7 cm³/mol. The molecule has 0 aliphatic rings. The Hall–Kier alpha value is -1.94. The summed E-state index contributed by atoms with van der Waals surface area (Å²) in [5.41, 5.74) is 1.63. The van der Waals surface area contributed by atoms with E-state index in [2.05, 4.69) is 0 Å². The highest BCUT2D eigenvalue weighted by Gasteiger charge is 2.25. The van der Waals surface area contributed by atoms with E-state index < -0.39 is 10.8 Å². The van der Waals surface area contributed by atoms with Gasteiger partial charge in [-0.1, -0.05) is 29.8 Å². The van der Waals surface area contributed by atoms with Gasteiger partial charge in [-0.25, -0.2) is 4.21 Å². The molecule has 128 valence electrons. The van der Waals surface area contributed by atoms with E-state index in [0.717, 1.165) is 5.56 Å². The smallest absolute Gasteiger partial charge is 0.255 e. The molecule has 2 aromatic rings. The van der Waals surface area contributed by atoms with Crippen LogP contribution in [0.25, 0.3) is 0 Å². The highest BCUT2D eigenvalue weighted by Crippen LogP contribution is 2.23. The van der Waals surface area contributed by atoms with Crippen LogP contribution >= 0.6 is 0 Å². The fourth-order valence-corrected chi connectivity index (χ4v) is 3.99. The molecular weight excluding hydrogens is 318 g/mol. The van der Waals surface area contributed by atoms with Crippen LogP contribution in [0.1, 0.15) is 43.6 Å². The van der Waals surface area contributed by atoms with Gasteiger partial charge < -0.3 is 4.90 Å². The highest BCUT2D eigenvalue weighted by atomic mass is 32.2. The second kappa shape index (κ2) is 7.75. The van der Waals surface area contributed by atoms with Gasteiger partial charge in [0.25, 0.3) is 5.91 Å². The molecule has 0 bridgehead atoms. The van der Waals surface area contributed by atoms with E-state index >= 15 is 0 Å². The Morgan fingerprint density at radius 2 is 1.46 bits per heavy atom. The van der Waals surface area contributed by atoms with Crippen molar-refractivity contribution in [3.05, 3.63) is 59.7 Å². The molecule has 0 fully saturated rings. The Balaban J connectivity index is 2.45. The summed E-state index contributed by atoms with van der Waals surface area (Å²) in [4.78, 5) is 16.1. The third kappa shape index (κ3) is 3.93. The second-order valence-corrected chi connectivity index (χ2v) is 7.93. The van der Waals surface area contributed by atoms with E-state index in [0.29, 0.717) is 15.4 Å². The van der Waals surface area contributed by atoms with E-state index in [9.17, 15) is 9.00 Å². The maximum atomic E-state index is 13.0. The van der Waals surface area contributed by atoms with Crippen LogP contribution in [0.3, 0.4) is 0 Å². The molecule has 2 rings (SSSR count). The van der Waals surface area contributed by atoms with Crippen LogP contribution < -0.4 is 0 Å². The molecule has 0 aliphatic heterocycles. The molecule has 1 amide bonds. The summed E-state index contributed by atoms with van der Waals surface area (Å²) in [6.07, 6.45) is 0. The molecule has 0 radical (unpaired) electrons. The number of amides is 1. The molecule has 0 aliphatic carbocycles. The van der Waals surface area contributed by atoms with E-state index in [1.54, 1.807) is 12.1 Å². The minimum Gasteiger partial charge on any atom is -0.334 e. The minimum absolute atomic E-state index is 0.0731. The van der Waals surface area contributed by atoms with Crippen molar-refractivity contribution in [1.29, 1.82) is 0 Å². The predicted octanol–water partition coefficient (Wildman–Crippen LogP) is 4.42. The molecule has 1 atom stereocenters. The lowest BCUT2D eigenvalue weighted by atomic mass is 10.1. The third-order valence-corrected chi connectivity index (χ3v) is 5.36. The number of benzene rings is 2. The van der Waals surface area contributed by atoms with Gasteiger partial charge in [0.2, 0.25) is 0 Å². The average Bonchev–Trinajstić information content (AvgIpc) is 2.54. The van der Waals surface area contributed by atoms with Gasteiger partial charge in [0.15, 0.2) is 0 Å². The largest absolute Gasteiger partial charge is 0.334 e. The Kier molecular flexibility index (Phi) is 5.94. The van der Waals surface area contributed by atoms with Crippen molar-refractivity contribution in [2.45, 2.75) is 56.5 Å². The van der Waals surface area contributed by atoms with Gasteiger partial charge in [0, 0.05) is 17.0 Å². The Morgan fingerprint density at radius 1 is 0.917 bits per heavy atom. The summed E-state index contributed by atoms with van der Waals surface area (Å²) in [7, 11) is -1.38. The lowest BCUT2D eigenvalue weighted by Gasteiger charge is -2.31. The topological polar surface area (TPSA) is 37.4 Å². The molecule has 0 saturated heterocycles. The summed E-state index contributed by atoms with van der Waals surface area (Å²) in [6, 6.07) is 14.9. The molecular formula is C20H25NO2S. The lowest BCUT2D eigenvalue weighted by Crippen LogP contribution is -2.42. The van der Waals surface area contributed by atoms with Crippen LogP contribution in [-0.2, 0) is 10.8 Å². The molecule has 0 spiro atoms. The molecule has 4 heteroatoms. The van der Waals surface area contributed by atoms with Crippen molar-refractivity contribution < 1.29 is 9.00 Å². The van der Waals surface area contributed by atoms with Crippen LogP contribution in [0.4, 0.5) is 0 Å². The number of carbonyl (C=O) groups excluding carboxylic acids is 1. The fraction of sp³-hybridized carbons (Fsp3) is 0.350. The summed E-state index contributed by atoms with van der Waals surface area (Å²) in [5.74, 6) is -0.0731. The quantitative estimate of drug-likeness (QED) is 0.806. The summed E-state index contributed by atoms with van der Waals surface area (Å²) in [6.45, 7) is 9.98. The monoisotopic (exact) mass is 343 g/mol. The van der Waals surface area contributed by atoms with Crippen LogP contribution in [0, 0.1) is 6.92 Å². The van der Waals surface area contributed by atoms with Gasteiger partial charge in [-0.3, -0.25) is 4.79 Å². The molecule has 0 aromatic heterocycles. The number of aryl methyl sites for hydroxylation is 1. The first-order valence-corrected chi connectivity index (χ1v) is 9.38. The standard InChI is InChI=1S/C20H25NO2S/c1-14(2)21(15(3)4)20(22)18-8-6-7-9-19(18)24(23)17-12-10-16(5)11-13-17/h6-15H,1-5H3. The SMILES string of the molecule is Cc1ccc(S(=O)c2ccccc2C(=O)N(C(C)C)C(C)C)cc1. The lowest BCUT2D eigenvalue weighted by molar-refractivity contribution is 0.0640. The molecule has 0 N–H and O–H groups in total. The Labute approximate surface area is 147 Å². The van der Waals surface area contributed by atoms with Gasteiger partial charge in [0.1, 0.15) is 0 Å². The van der Waals surface area contributed by atoms with Crippen molar-refractivity contribution >= 4 is 16.7 Å². The second-order valence-electron chi connectivity index (χ2n) is 6.48. The maximum Gasteiger partial charge on any atom is 0.255 e. The Bertz CT molecular complexity index is 728. The molecule has 2 aromatic carbocycles. The van der Waals surface area contributed by atoms with E-state index in [1.807, 2.05) is 75.9 Å². The number of nitrogens with zero attached hydrogens (tertiary/aromatic N) is 1. The van der Waals surface area contributed by atoms with Gasteiger partial charge in [-0.05, 0) is 58.9 Å². The van der Waals surface area contributed by atoms with Crippen molar-refractivity contribution in [3.8, 4) is 0 Å². The third-order valence-electron chi connectivity index (χ3n) is 3.90. The van der Waals surface area contributed by atoms with Gasteiger partial charge >= 0.3 is 0 Å². The van der Waals surface area contributed by atoms with Crippen LogP contribution in [0.15, 0.2) is 58.3 Å². The summed E-state index contributed by atoms with van der Waals surface area (Å²) < 4.78 is 13.0. The van der Waals surface area contributed by atoms with Gasteiger partial charge in [-0.2, -0.15) is 0 Å². The number of hydrogen-bond donors (Lipinski definition) is 0. The number of hydrogen-bond acceptors (Lipinski definition) is 2. The fourth-order valence-electron chi connectivity index (χ4n) is 2.80. The zero-order chi connectivity index (χ0) is 17.9.